The van der Waals surface area contributed by atoms with Gasteiger partial charge in [0.1, 0.15) is 23.4 Å². The Morgan fingerprint density at radius 1 is 1.13 bits per heavy atom. The molecule has 2 aromatic heterocycles. The van der Waals surface area contributed by atoms with Crippen molar-refractivity contribution in [2.45, 2.75) is 24.9 Å². The molecule has 0 bridgehead atoms. The Bertz CT molecular complexity index is 1110. The van der Waals surface area contributed by atoms with E-state index < -0.39 is 11.9 Å². The molecule has 0 radical (unpaired) electrons. The van der Waals surface area contributed by atoms with Gasteiger partial charge in [-0.15, -0.1) is 0 Å². The molecule has 1 fully saturated rings. The van der Waals surface area contributed by atoms with Crippen LogP contribution in [-0.4, -0.2) is 41.0 Å². The smallest absolute Gasteiger partial charge is 0.431 e. The fourth-order valence-electron chi connectivity index (χ4n) is 4.51. The first-order valence-electron chi connectivity index (χ1n) is 10.3. The maximum Gasteiger partial charge on any atom is 0.431 e. The number of ether oxygens (including phenoxy) is 2. The van der Waals surface area contributed by atoms with E-state index in [0.717, 1.165) is 43.4 Å². The summed E-state index contributed by atoms with van der Waals surface area (Å²) in [4.78, 5) is 14.9. The van der Waals surface area contributed by atoms with E-state index in [9.17, 15) is 13.2 Å². The second kappa shape index (κ2) is 7.96. The van der Waals surface area contributed by atoms with Crippen molar-refractivity contribution < 1.29 is 22.6 Å². The molecule has 6 nitrogen and oxygen atoms in total. The van der Waals surface area contributed by atoms with Gasteiger partial charge in [0.05, 0.1) is 12.0 Å². The summed E-state index contributed by atoms with van der Waals surface area (Å²) in [6.07, 6.45) is 0.439. The third-order valence-corrected chi connectivity index (χ3v) is 6.11. The Balaban J connectivity index is 1.52. The fraction of sp³-hybridized carbons (Fsp3) is 0.409. The lowest BCUT2D eigenvalue weighted by Gasteiger charge is -2.38. The van der Waals surface area contributed by atoms with Gasteiger partial charge in [-0.1, -0.05) is 18.2 Å². The normalized spacial score (nSPS) is 22.5. The summed E-state index contributed by atoms with van der Waals surface area (Å²) in [6.45, 7) is 2.02. The molecule has 5 rings (SSSR count). The van der Waals surface area contributed by atoms with E-state index in [1.165, 1.54) is 6.33 Å². The molecule has 3 aromatic rings. The monoisotopic (exact) mass is 430 g/mol. The number of aromatic amines is 1. The average Bonchev–Trinajstić information content (AvgIpc) is 3.24. The Morgan fingerprint density at radius 2 is 1.94 bits per heavy atom. The van der Waals surface area contributed by atoms with Crippen molar-refractivity contribution in [3.63, 3.8) is 0 Å². The Hall–Kier alpha value is -2.94. The number of H-pyrrole nitrogens is 1. The van der Waals surface area contributed by atoms with Crippen LogP contribution in [0.3, 0.4) is 0 Å². The predicted molar refractivity (Wildman–Crippen MR) is 109 cm³/mol. The van der Waals surface area contributed by atoms with Crippen LogP contribution in [0.5, 0.6) is 5.75 Å². The van der Waals surface area contributed by atoms with E-state index in [2.05, 4.69) is 19.9 Å². The summed E-state index contributed by atoms with van der Waals surface area (Å²) >= 11 is 0. The van der Waals surface area contributed by atoms with Gasteiger partial charge in [-0.3, -0.25) is 0 Å². The fourth-order valence-corrected chi connectivity index (χ4v) is 4.51. The zero-order valence-electron chi connectivity index (χ0n) is 16.6. The highest BCUT2D eigenvalue weighted by Crippen LogP contribution is 2.42. The highest BCUT2D eigenvalue weighted by molar-refractivity contribution is 5.88. The lowest BCUT2D eigenvalue weighted by Crippen LogP contribution is -2.35. The van der Waals surface area contributed by atoms with E-state index in [1.807, 2.05) is 30.5 Å². The summed E-state index contributed by atoms with van der Waals surface area (Å²) < 4.78 is 50.9. The van der Waals surface area contributed by atoms with Crippen LogP contribution >= 0.6 is 0 Å². The topological polar surface area (TPSA) is 72.4 Å². The van der Waals surface area contributed by atoms with Crippen molar-refractivity contribution in [1.82, 2.24) is 15.0 Å². The molecule has 9 heteroatoms. The lowest BCUT2D eigenvalue weighted by atomic mass is 9.74. The number of hydrogen-bond acceptors (Lipinski definition) is 5. The predicted octanol–water partition coefficient (Wildman–Crippen LogP) is 4.90. The van der Waals surface area contributed by atoms with Crippen LogP contribution in [0.15, 0.2) is 41.7 Å². The maximum absolute atomic E-state index is 13.1. The Kier molecular flexibility index (Phi) is 5.13. The number of nitrogens with zero attached hydrogens (tertiary/aromatic N) is 3. The third kappa shape index (κ3) is 3.89. The zero-order valence-corrected chi connectivity index (χ0v) is 16.6. The number of benzene rings is 1. The van der Waals surface area contributed by atoms with Gasteiger partial charge in [-0.05, 0) is 30.9 Å². The van der Waals surface area contributed by atoms with Crippen LogP contribution in [0.4, 0.5) is 19.0 Å². The van der Waals surface area contributed by atoms with E-state index in [4.69, 9.17) is 9.47 Å². The van der Waals surface area contributed by atoms with Crippen molar-refractivity contribution in [3.8, 4) is 5.75 Å². The van der Waals surface area contributed by atoms with Crippen molar-refractivity contribution in [2.24, 2.45) is 16.8 Å². The van der Waals surface area contributed by atoms with Gasteiger partial charge < -0.3 is 14.5 Å². The molecule has 4 heterocycles. The summed E-state index contributed by atoms with van der Waals surface area (Å²) in [5, 5.41) is 0.244. The van der Waals surface area contributed by atoms with Gasteiger partial charge in [-0.25, -0.2) is 15.0 Å². The summed E-state index contributed by atoms with van der Waals surface area (Å²) in [6, 6.07) is 8.84. The quantitative estimate of drug-likeness (QED) is 0.600. The molecule has 1 unspecified atom stereocenters. The van der Waals surface area contributed by atoms with Gasteiger partial charge in [-0.2, -0.15) is 13.2 Å². The largest absolute Gasteiger partial charge is 0.493 e. The third-order valence-electron chi connectivity index (χ3n) is 6.11. The first-order valence-corrected chi connectivity index (χ1v) is 10.3. The molecule has 2 aliphatic rings. The highest BCUT2D eigenvalue weighted by Gasteiger charge is 2.36. The second-order valence-corrected chi connectivity index (χ2v) is 7.91. The standard InChI is InChI=1S/C22H21F3N4O2/c23-22(24,25)19-9-15-20(27-12-28-21(15)29-19)26-10-16-14-3-1-2-4-18(14)31-11-17(16)13-5-7-30-8-6-13/h1-4,9-10,12-13,16-17H,5-8,11H2,(H,27,28,29)/t16?,17-/m1/s1. The minimum absolute atomic E-state index is 0.0286. The number of aliphatic imine (C=N–C) groups is 1. The van der Waals surface area contributed by atoms with Crippen LogP contribution in [0.1, 0.15) is 30.0 Å². The minimum Gasteiger partial charge on any atom is -0.493 e. The Labute approximate surface area is 176 Å². The number of rotatable bonds is 3. The van der Waals surface area contributed by atoms with E-state index in [0.29, 0.717) is 12.5 Å². The molecule has 2 atom stereocenters. The number of aromatic nitrogens is 3. The second-order valence-electron chi connectivity index (χ2n) is 7.91. The molecule has 1 saturated heterocycles. The van der Waals surface area contributed by atoms with Gasteiger partial charge in [0, 0.05) is 36.8 Å². The van der Waals surface area contributed by atoms with E-state index >= 15 is 0 Å². The Morgan fingerprint density at radius 3 is 2.74 bits per heavy atom. The van der Waals surface area contributed by atoms with Crippen LogP contribution < -0.4 is 4.74 Å². The number of fused-ring (bicyclic) bond motifs is 2. The molecule has 0 spiro atoms. The average molecular weight is 430 g/mol. The molecule has 0 aliphatic carbocycles. The maximum atomic E-state index is 13.1. The van der Waals surface area contributed by atoms with E-state index in [-0.39, 0.29) is 28.7 Å². The summed E-state index contributed by atoms with van der Waals surface area (Å²) in [5.41, 5.74) is 0.281. The SMILES string of the molecule is FC(F)(F)c1cc2c(N=CC3c4ccccc4OC[C@@H]3C3CCOCC3)ncnc2[nH]1. The van der Waals surface area contributed by atoms with Crippen molar-refractivity contribution >= 4 is 23.1 Å². The van der Waals surface area contributed by atoms with Gasteiger partial charge in [0.25, 0.3) is 0 Å². The van der Waals surface area contributed by atoms with Crippen molar-refractivity contribution in [2.75, 3.05) is 19.8 Å². The van der Waals surface area contributed by atoms with Gasteiger partial charge >= 0.3 is 6.18 Å². The minimum atomic E-state index is -4.49. The molecule has 2 aliphatic heterocycles. The molecular weight excluding hydrogens is 409 g/mol. The molecule has 162 valence electrons. The molecule has 0 saturated carbocycles. The number of para-hydroxylation sites is 1. The van der Waals surface area contributed by atoms with Crippen molar-refractivity contribution in [1.29, 1.82) is 0 Å². The number of alkyl halides is 3. The first kappa shape index (κ1) is 20.0. The molecule has 1 N–H and O–H groups in total. The van der Waals surface area contributed by atoms with Crippen LogP contribution in [-0.2, 0) is 10.9 Å². The lowest BCUT2D eigenvalue weighted by molar-refractivity contribution is -0.140. The number of hydrogen-bond donors (Lipinski definition) is 1. The zero-order chi connectivity index (χ0) is 21.4. The van der Waals surface area contributed by atoms with Crippen molar-refractivity contribution in [3.05, 3.63) is 47.9 Å². The number of halogens is 3. The van der Waals surface area contributed by atoms with Gasteiger partial charge in [0.2, 0.25) is 0 Å². The van der Waals surface area contributed by atoms with Crippen LogP contribution in [0.2, 0.25) is 0 Å². The molecule has 1 aromatic carbocycles. The molecular formula is C22H21F3N4O2. The first-order chi connectivity index (χ1) is 15.0. The van der Waals surface area contributed by atoms with E-state index in [1.54, 1.807) is 0 Å². The van der Waals surface area contributed by atoms with Crippen LogP contribution in [0.25, 0.3) is 11.0 Å². The molecule has 0 amide bonds. The number of nitrogens with one attached hydrogen (secondary N) is 1. The van der Waals surface area contributed by atoms with Crippen LogP contribution in [0, 0.1) is 11.8 Å². The van der Waals surface area contributed by atoms with Gasteiger partial charge in [0.15, 0.2) is 5.82 Å². The molecule has 31 heavy (non-hydrogen) atoms. The summed E-state index contributed by atoms with van der Waals surface area (Å²) in [5.74, 6) is 1.63. The summed E-state index contributed by atoms with van der Waals surface area (Å²) in [7, 11) is 0. The highest BCUT2D eigenvalue weighted by atomic mass is 19.4.